The molecule has 1 aromatic heterocycles. The molecular formula is C9H9NO2. The van der Waals surface area contributed by atoms with Gasteiger partial charge in [0, 0.05) is 5.69 Å². The van der Waals surface area contributed by atoms with Gasteiger partial charge in [-0.1, -0.05) is 0 Å². The predicted molar refractivity (Wildman–Crippen MR) is 42.3 cm³/mol. The maximum absolute atomic E-state index is 10.6. The zero-order valence-corrected chi connectivity index (χ0v) is 6.50. The van der Waals surface area contributed by atoms with Crippen molar-refractivity contribution >= 4 is 5.97 Å². The molecule has 2 N–H and O–H groups in total. The number of hydrogen-bond donors (Lipinski definition) is 2. The number of carboxylic acids is 1. The van der Waals surface area contributed by atoms with E-state index >= 15 is 0 Å². The van der Waals surface area contributed by atoms with E-state index in [-0.39, 0.29) is 0 Å². The summed E-state index contributed by atoms with van der Waals surface area (Å²) in [6.07, 6.45) is 2.33. The molecule has 62 valence electrons. The lowest BCUT2D eigenvalue weighted by molar-refractivity contribution is 0.0691. The molecule has 2 aliphatic carbocycles. The zero-order valence-electron chi connectivity index (χ0n) is 6.50. The summed E-state index contributed by atoms with van der Waals surface area (Å²) in [4.78, 5) is 13.5. The van der Waals surface area contributed by atoms with Gasteiger partial charge in [0.25, 0.3) is 0 Å². The molecule has 0 aliphatic heterocycles. The molecule has 1 heterocycles. The second-order valence-corrected chi connectivity index (χ2v) is 3.73. The Morgan fingerprint density at radius 3 is 3.17 bits per heavy atom. The Morgan fingerprint density at radius 1 is 1.67 bits per heavy atom. The Morgan fingerprint density at radius 2 is 2.50 bits per heavy atom. The summed E-state index contributed by atoms with van der Waals surface area (Å²) in [6, 6.07) is 1.80. The van der Waals surface area contributed by atoms with Gasteiger partial charge in [0.05, 0.1) is 0 Å². The lowest BCUT2D eigenvalue weighted by atomic mass is 10.2. The molecule has 0 spiro atoms. The number of rotatable bonds is 1. The fraction of sp³-hybridized carbons (Fsp3) is 0.444. The number of aromatic carboxylic acids is 1. The molecule has 12 heavy (non-hydrogen) atoms. The lowest BCUT2D eigenvalue weighted by Gasteiger charge is -1.90. The van der Waals surface area contributed by atoms with Crippen molar-refractivity contribution < 1.29 is 9.90 Å². The van der Waals surface area contributed by atoms with Crippen LogP contribution in [0.5, 0.6) is 0 Å². The molecule has 0 amide bonds. The highest BCUT2D eigenvalue weighted by Crippen LogP contribution is 2.56. The van der Waals surface area contributed by atoms with Crippen molar-refractivity contribution in [3.63, 3.8) is 0 Å². The average molecular weight is 163 g/mol. The molecule has 0 bridgehead atoms. The molecule has 1 saturated carbocycles. The van der Waals surface area contributed by atoms with Crippen molar-refractivity contribution in [3.8, 4) is 0 Å². The van der Waals surface area contributed by atoms with Crippen LogP contribution in [0.3, 0.4) is 0 Å². The van der Waals surface area contributed by atoms with Crippen LogP contribution in [-0.2, 0) is 6.42 Å². The van der Waals surface area contributed by atoms with Gasteiger partial charge in [0.1, 0.15) is 5.69 Å². The van der Waals surface area contributed by atoms with Gasteiger partial charge in [-0.25, -0.2) is 4.79 Å². The number of nitrogens with one attached hydrogen (secondary N) is 1. The monoisotopic (exact) mass is 163 g/mol. The maximum atomic E-state index is 10.6. The number of hydrogen-bond acceptors (Lipinski definition) is 1. The van der Waals surface area contributed by atoms with E-state index in [1.54, 1.807) is 6.07 Å². The summed E-state index contributed by atoms with van der Waals surface area (Å²) < 4.78 is 0. The Hall–Kier alpha value is -1.25. The number of fused-ring (bicyclic) bond motifs is 3. The first-order valence-electron chi connectivity index (χ1n) is 4.21. The minimum atomic E-state index is -0.846. The van der Waals surface area contributed by atoms with Crippen LogP contribution in [0.4, 0.5) is 0 Å². The lowest BCUT2D eigenvalue weighted by Crippen LogP contribution is -1.96. The van der Waals surface area contributed by atoms with E-state index in [0.717, 1.165) is 18.0 Å². The van der Waals surface area contributed by atoms with Gasteiger partial charge >= 0.3 is 5.97 Å². The van der Waals surface area contributed by atoms with Crippen LogP contribution in [-0.4, -0.2) is 16.1 Å². The fourth-order valence-corrected chi connectivity index (χ4v) is 2.24. The van der Waals surface area contributed by atoms with E-state index < -0.39 is 5.97 Å². The highest BCUT2D eigenvalue weighted by Gasteiger charge is 2.46. The summed E-state index contributed by atoms with van der Waals surface area (Å²) in [7, 11) is 0. The number of aromatic amines is 1. The molecular weight excluding hydrogens is 154 g/mol. The quantitative estimate of drug-likeness (QED) is 0.657. The standard InChI is InChI=1S/C9H9NO2/c11-9(12)8-3-6-5-1-4(5)2-7(6)10-8/h3-5,10H,1-2H2,(H,11,12)/t4-,5-/m0/s1. The average Bonchev–Trinajstić information content (AvgIpc) is 2.54. The van der Waals surface area contributed by atoms with Crippen LogP contribution >= 0.6 is 0 Å². The number of carboxylic acid groups (broad SMARTS) is 1. The molecule has 0 saturated heterocycles. The van der Waals surface area contributed by atoms with Crippen LogP contribution < -0.4 is 0 Å². The van der Waals surface area contributed by atoms with Crippen LogP contribution in [0.1, 0.15) is 34.1 Å². The van der Waals surface area contributed by atoms with Gasteiger partial charge in [0.2, 0.25) is 0 Å². The van der Waals surface area contributed by atoms with E-state index in [0.29, 0.717) is 11.6 Å². The van der Waals surface area contributed by atoms with Gasteiger partial charge < -0.3 is 10.1 Å². The molecule has 2 atom stereocenters. The topological polar surface area (TPSA) is 53.1 Å². The zero-order chi connectivity index (χ0) is 8.29. The SMILES string of the molecule is O=C(O)c1cc2c([nH]1)C[C@@H]1C[C@H]21. The summed E-state index contributed by atoms with van der Waals surface area (Å²) >= 11 is 0. The fourth-order valence-electron chi connectivity index (χ4n) is 2.24. The Balaban J connectivity index is 2.08. The largest absolute Gasteiger partial charge is 0.477 e. The van der Waals surface area contributed by atoms with Crippen LogP contribution in [0, 0.1) is 5.92 Å². The molecule has 2 aliphatic rings. The molecule has 1 aromatic rings. The summed E-state index contributed by atoms with van der Waals surface area (Å²) in [5, 5.41) is 8.71. The second kappa shape index (κ2) is 1.73. The smallest absolute Gasteiger partial charge is 0.352 e. The third kappa shape index (κ3) is 0.636. The van der Waals surface area contributed by atoms with E-state index in [1.807, 2.05) is 0 Å². The maximum Gasteiger partial charge on any atom is 0.352 e. The van der Waals surface area contributed by atoms with Crippen LogP contribution in [0.25, 0.3) is 0 Å². The summed E-state index contributed by atoms with van der Waals surface area (Å²) in [6.45, 7) is 0. The minimum absolute atomic E-state index is 0.352. The summed E-state index contributed by atoms with van der Waals surface area (Å²) in [5.41, 5.74) is 2.77. The molecule has 1 fully saturated rings. The number of carbonyl (C=O) groups is 1. The van der Waals surface area contributed by atoms with E-state index in [9.17, 15) is 4.79 Å². The molecule has 3 heteroatoms. The molecule has 3 rings (SSSR count). The van der Waals surface area contributed by atoms with Crippen molar-refractivity contribution in [2.24, 2.45) is 5.92 Å². The van der Waals surface area contributed by atoms with Crippen molar-refractivity contribution in [2.45, 2.75) is 18.8 Å². The Kier molecular flexibility index (Phi) is 0.908. The Labute approximate surface area is 69.4 Å². The van der Waals surface area contributed by atoms with E-state index in [1.165, 1.54) is 12.0 Å². The van der Waals surface area contributed by atoms with E-state index in [2.05, 4.69) is 4.98 Å². The number of H-pyrrole nitrogens is 1. The van der Waals surface area contributed by atoms with Gasteiger partial charge in [-0.05, 0) is 36.3 Å². The number of aromatic nitrogens is 1. The third-order valence-electron chi connectivity index (χ3n) is 2.95. The van der Waals surface area contributed by atoms with Crippen LogP contribution in [0.2, 0.25) is 0 Å². The molecule has 0 aromatic carbocycles. The van der Waals surface area contributed by atoms with E-state index in [4.69, 9.17) is 5.11 Å². The van der Waals surface area contributed by atoms with Crippen molar-refractivity contribution in [1.29, 1.82) is 0 Å². The first-order valence-corrected chi connectivity index (χ1v) is 4.21. The Bertz CT molecular complexity index is 367. The van der Waals surface area contributed by atoms with Crippen molar-refractivity contribution in [1.82, 2.24) is 4.98 Å². The normalized spacial score (nSPS) is 29.7. The van der Waals surface area contributed by atoms with Crippen LogP contribution in [0.15, 0.2) is 6.07 Å². The van der Waals surface area contributed by atoms with Gasteiger partial charge in [0.15, 0.2) is 0 Å². The first-order chi connectivity index (χ1) is 5.75. The molecule has 3 nitrogen and oxygen atoms in total. The highest BCUT2D eigenvalue weighted by molar-refractivity contribution is 5.86. The van der Waals surface area contributed by atoms with Crippen molar-refractivity contribution in [2.75, 3.05) is 0 Å². The van der Waals surface area contributed by atoms with Gasteiger partial charge in [-0.3, -0.25) is 0 Å². The first kappa shape index (κ1) is 6.29. The second-order valence-electron chi connectivity index (χ2n) is 3.73. The molecule has 0 radical (unpaired) electrons. The van der Waals surface area contributed by atoms with Crippen molar-refractivity contribution in [3.05, 3.63) is 23.0 Å². The van der Waals surface area contributed by atoms with Gasteiger partial charge in [-0.2, -0.15) is 0 Å². The third-order valence-corrected chi connectivity index (χ3v) is 2.95. The highest BCUT2D eigenvalue weighted by atomic mass is 16.4. The predicted octanol–water partition coefficient (Wildman–Crippen LogP) is 1.37. The van der Waals surface area contributed by atoms with Gasteiger partial charge in [-0.15, -0.1) is 0 Å². The summed E-state index contributed by atoms with van der Waals surface area (Å²) in [5.74, 6) is 0.667. The molecule has 0 unspecified atom stereocenters. The minimum Gasteiger partial charge on any atom is -0.477 e.